The van der Waals surface area contributed by atoms with Gasteiger partial charge in [-0.2, -0.15) is 0 Å². The van der Waals surface area contributed by atoms with Crippen LogP contribution in [0.15, 0.2) is 0 Å². The van der Waals surface area contributed by atoms with Crippen LogP contribution in [0.4, 0.5) is 0 Å². The maximum atomic E-state index is 5.28. The third kappa shape index (κ3) is 3.18. The van der Waals surface area contributed by atoms with E-state index in [0.29, 0.717) is 12.2 Å². The maximum Gasteiger partial charge on any atom is 0.0841 e. The normalized spacial score (nSPS) is 37.1. The molecule has 0 spiro atoms. The summed E-state index contributed by atoms with van der Waals surface area (Å²) in [7, 11) is 0. The molecular weight excluding hydrogens is 144 g/mol. The smallest absolute Gasteiger partial charge is 0.0841 e. The largest absolute Gasteiger partial charge is 0.412 e. The number of hydrogen-bond acceptors (Lipinski definition) is 2. The monoisotopic (exact) mass is 160 g/mol. The van der Waals surface area contributed by atoms with Crippen molar-refractivity contribution in [3.05, 3.63) is 0 Å². The molecule has 0 radical (unpaired) electrons. The van der Waals surface area contributed by atoms with Crippen molar-refractivity contribution >= 4 is 0 Å². The van der Waals surface area contributed by atoms with E-state index in [-0.39, 0.29) is 5.48 Å². The molecule has 0 aromatic carbocycles. The van der Waals surface area contributed by atoms with Crippen molar-refractivity contribution in [1.82, 2.24) is 0 Å². The number of fused-ring (bicyclic) bond motifs is 1. The Labute approximate surface area is 67.0 Å². The van der Waals surface area contributed by atoms with Crippen LogP contribution in [0.3, 0.4) is 0 Å². The van der Waals surface area contributed by atoms with E-state index < -0.39 is 0 Å². The van der Waals surface area contributed by atoms with Crippen LogP contribution in [0, 0.1) is 0 Å². The van der Waals surface area contributed by atoms with Crippen molar-refractivity contribution in [2.45, 2.75) is 37.9 Å². The summed E-state index contributed by atoms with van der Waals surface area (Å²) in [6.07, 6.45) is 6.89. The first-order valence-electron chi connectivity index (χ1n) is 4.20. The maximum absolute atomic E-state index is 5.28. The Balaban J connectivity index is 0.000000131. The predicted octanol–water partition coefficient (Wildman–Crippen LogP) is 0.520. The lowest BCUT2D eigenvalue weighted by atomic mass is 10.0. The molecule has 0 amide bonds. The highest BCUT2D eigenvalue weighted by Crippen LogP contribution is 2.35. The molecule has 2 heterocycles. The van der Waals surface area contributed by atoms with Crippen molar-refractivity contribution in [2.75, 3.05) is 13.2 Å². The summed E-state index contributed by atoms with van der Waals surface area (Å²) in [5.41, 5.74) is 0. The van der Waals surface area contributed by atoms with Crippen LogP contribution in [-0.2, 0) is 9.47 Å². The third-order valence-corrected chi connectivity index (χ3v) is 2.12. The van der Waals surface area contributed by atoms with Gasteiger partial charge in [-0.05, 0) is 12.8 Å². The lowest BCUT2D eigenvalue weighted by molar-refractivity contribution is 0.373. The lowest BCUT2D eigenvalue weighted by Crippen LogP contribution is -2.00. The van der Waals surface area contributed by atoms with Crippen LogP contribution in [0.5, 0.6) is 0 Å². The molecule has 1 saturated carbocycles. The molecule has 3 heteroatoms. The summed E-state index contributed by atoms with van der Waals surface area (Å²) in [5.74, 6) is 0. The van der Waals surface area contributed by atoms with Gasteiger partial charge in [0.05, 0.1) is 25.4 Å². The number of hydrogen-bond donors (Lipinski definition) is 0. The Kier molecular flexibility index (Phi) is 3.30. The minimum Gasteiger partial charge on any atom is -0.412 e. The Bertz CT molecular complexity index is 101. The fourth-order valence-electron chi connectivity index (χ4n) is 1.38. The molecule has 2 saturated heterocycles. The molecule has 2 aliphatic heterocycles. The number of epoxide rings is 2. The zero-order valence-electron chi connectivity index (χ0n) is 6.71. The summed E-state index contributed by atoms with van der Waals surface area (Å²) < 4.78 is 9.78. The van der Waals surface area contributed by atoms with Crippen molar-refractivity contribution in [3.8, 4) is 0 Å². The van der Waals surface area contributed by atoms with Crippen LogP contribution in [0.1, 0.15) is 25.7 Å². The minimum atomic E-state index is 0. The van der Waals surface area contributed by atoms with Gasteiger partial charge in [0.1, 0.15) is 0 Å². The first-order valence-corrected chi connectivity index (χ1v) is 4.20. The molecule has 3 rings (SSSR count). The van der Waals surface area contributed by atoms with E-state index in [1.807, 2.05) is 0 Å². The van der Waals surface area contributed by atoms with Gasteiger partial charge in [-0.3, -0.25) is 0 Å². The van der Waals surface area contributed by atoms with Crippen LogP contribution in [-0.4, -0.2) is 30.9 Å². The highest BCUT2D eigenvalue weighted by atomic mass is 16.6. The summed E-state index contributed by atoms with van der Waals surface area (Å²) in [4.78, 5) is 0. The van der Waals surface area contributed by atoms with Gasteiger partial charge in [0, 0.05) is 0 Å². The molecule has 2 unspecified atom stereocenters. The van der Waals surface area contributed by atoms with E-state index >= 15 is 0 Å². The number of ether oxygens (including phenoxy) is 2. The van der Waals surface area contributed by atoms with Crippen LogP contribution >= 0.6 is 0 Å². The molecular formula is C8H16O3. The summed E-state index contributed by atoms with van der Waals surface area (Å²) in [6.45, 7) is 2.00. The van der Waals surface area contributed by atoms with Gasteiger partial charge in [0.2, 0.25) is 0 Å². The van der Waals surface area contributed by atoms with Gasteiger partial charge in [-0.1, -0.05) is 12.8 Å². The molecule has 2 N–H and O–H groups in total. The molecule has 2 atom stereocenters. The quantitative estimate of drug-likeness (QED) is 0.485. The van der Waals surface area contributed by atoms with Crippen LogP contribution in [0.25, 0.3) is 0 Å². The molecule has 0 bridgehead atoms. The first-order chi connectivity index (χ1) is 4.97. The van der Waals surface area contributed by atoms with E-state index in [1.54, 1.807) is 0 Å². The lowest BCUT2D eigenvalue weighted by Gasteiger charge is -2.00. The Morgan fingerprint density at radius 2 is 1.36 bits per heavy atom. The van der Waals surface area contributed by atoms with Crippen molar-refractivity contribution < 1.29 is 14.9 Å². The average molecular weight is 160 g/mol. The Morgan fingerprint density at radius 3 is 1.64 bits per heavy atom. The Morgan fingerprint density at radius 1 is 0.909 bits per heavy atom. The second-order valence-electron chi connectivity index (χ2n) is 3.11. The third-order valence-electron chi connectivity index (χ3n) is 2.12. The zero-order valence-corrected chi connectivity index (χ0v) is 6.71. The van der Waals surface area contributed by atoms with E-state index in [9.17, 15) is 0 Å². The van der Waals surface area contributed by atoms with Gasteiger partial charge in [-0.15, -0.1) is 0 Å². The standard InChI is InChI=1S/C6H10O.C2H4O.H2O/c1-2-4-6-5(3-1)7-6;1-2-3-1;/h5-6H,1-4H2;1-2H2;1H2. The van der Waals surface area contributed by atoms with E-state index in [1.165, 1.54) is 25.7 Å². The second-order valence-corrected chi connectivity index (χ2v) is 3.11. The van der Waals surface area contributed by atoms with Gasteiger partial charge in [0.25, 0.3) is 0 Å². The molecule has 3 aliphatic rings. The molecule has 3 fully saturated rings. The van der Waals surface area contributed by atoms with Crippen molar-refractivity contribution in [3.63, 3.8) is 0 Å². The predicted molar refractivity (Wildman–Crippen MR) is 41.6 cm³/mol. The summed E-state index contributed by atoms with van der Waals surface area (Å²) in [5, 5.41) is 0. The van der Waals surface area contributed by atoms with Gasteiger partial charge < -0.3 is 14.9 Å². The molecule has 66 valence electrons. The van der Waals surface area contributed by atoms with Crippen LogP contribution in [0.2, 0.25) is 0 Å². The first kappa shape index (κ1) is 8.97. The SMILES string of the molecule is C1CCC2OC2C1.C1CO1.O. The van der Waals surface area contributed by atoms with Crippen molar-refractivity contribution in [2.24, 2.45) is 0 Å². The van der Waals surface area contributed by atoms with E-state index in [4.69, 9.17) is 4.74 Å². The van der Waals surface area contributed by atoms with Gasteiger partial charge in [-0.25, -0.2) is 0 Å². The number of rotatable bonds is 0. The molecule has 1 aliphatic carbocycles. The molecule has 11 heavy (non-hydrogen) atoms. The topological polar surface area (TPSA) is 56.6 Å². The van der Waals surface area contributed by atoms with E-state index in [0.717, 1.165) is 13.2 Å². The summed E-state index contributed by atoms with van der Waals surface area (Å²) in [6, 6.07) is 0. The van der Waals surface area contributed by atoms with Crippen molar-refractivity contribution in [1.29, 1.82) is 0 Å². The highest BCUT2D eigenvalue weighted by Gasteiger charge is 2.39. The molecule has 3 nitrogen and oxygen atoms in total. The minimum absolute atomic E-state index is 0. The Hall–Kier alpha value is -0.120. The zero-order chi connectivity index (χ0) is 6.81. The molecule has 0 aromatic rings. The second kappa shape index (κ2) is 4.04. The van der Waals surface area contributed by atoms with E-state index in [2.05, 4.69) is 4.74 Å². The van der Waals surface area contributed by atoms with Gasteiger partial charge >= 0.3 is 0 Å². The fraction of sp³-hybridized carbons (Fsp3) is 1.00. The molecule has 0 aromatic heterocycles. The van der Waals surface area contributed by atoms with Crippen LogP contribution < -0.4 is 0 Å². The summed E-state index contributed by atoms with van der Waals surface area (Å²) >= 11 is 0. The fourth-order valence-corrected chi connectivity index (χ4v) is 1.38. The van der Waals surface area contributed by atoms with Gasteiger partial charge in [0.15, 0.2) is 0 Å². The average Bonchev–Trinajstić information content (AvgIpc) is 2.86. The highest BCUT2D eigenvalue weighted by molar-refractivity contribution is 4.87.